The summed E-state index contributed by atoms with van der Waals surface area (Å²) in [5.74, 6) is 5.74. The van der Waals surface area contributed by atoms with E-state index in [0.29, 0.717) is 11.1 Å². The number of nitrogens with one attached hydrogen (secondary N) is 1. The van der Waals surface area contributed by atoms with Crippen LogP contribution in [0.5, 0.6) is 0 Å². The fourth-order valence-corrected chi connectivity index (χ4v) is 2.65. The highest BCUT2D eigenvalue weighted by Gasteiger charge is 2.20. The fraction of sp³-hybridized carbons (Fsp3) is 0.154. The Balaban J connectivity index is 2.09. The van der Waals surface area contributed by atoms with Crippen LogP contribution in [-0.4, -0.2) is 4.98 Å². The molecule has 0 aliphatic heterocycles. The van der Waals surface area contributed by atoms with Gasteiger partial charge >= 0.3 is 0 Å². The molecule has 0 aliphatic rings. The number of thiazole rings is 1. The molecule has 98 valence electrons. The minimum absolute atomic E-state index is 0.240. The van der Waals surface area contributed by atoms with E-state index >= 15 is 0 Å². The number of aromatic nitrogens is 1. The van der Waals surface area contributed by atoms with Crippen molar-refractivity contribution in [3.05, 3.63) is 51.9 Å². The Morgan fingerprint density at radius 2 is 2.32 bits per heavy atom. The van der Waals surface area contributed by atoms with Gasteiger partial charge in [0, 0.05) is 10.8 Å². The third kappa shape index (κ3) is 2.14. The van der Waals surface area contributed by atoms with Crippen LogP contribution in [0, 0.1) is 12.7 Å². The van der Waals surface area contributed by atoms with Crippen LogP contribution < -0.4 is 11.3 Å². The summed E-state index contributed by atoms with van der Waals surface area (Å²) >= 11 is 1.53. The average Bonchev–Trinajstić information content (AvgIpc) is 2.98. The summed E-state index contributed by atoms with van der Waals surface area (Å²) in [6.07, 6.45) is 0. The van der Waals surface area contributed by atoms with Gasteiger partial charge in [-0.2, -0.15) is 0 Å². The number of aryl methyl sites for hydroxylation is 1. The van der Waals surface area contributed by atoms with E-state index in [1.54, 1.807) is 18.2 Å². The number of fused-ring (bicyclic) bond motifs is 1. The van der Waals surface area contributed by atoms with Crippen molar-refractivity contribution in [2.24, 2.45) is 5.84 Å². The molecule has 2 aromatic heterocycles. The Morgan fingerprint density at radius 3 is 2.95 bits per heavy atom. The van der Waals surface area contributed by atoms with Crippen molar-refractivity contribution in [3.63, 3.8) is 0 Å². The lowest BCUT2D eigenvalue weighted by Gasteiger charge is -2.09. The molecule has 4 nitrogen and oxygen atoms in total. The number of nitrogens with two attached hydrogens (primary N) is 1. The summed E-state index contributed by atoms with van der Waals surface area (Å²) in [5.41, 5.74) is 3.66. The lowest BCUT2D eigenvalue weighted by Crippen LogP contribution is -2.28. The Bertz CT molecular complexity index is 722. The molecule has 0 aliphatic carbocycles. The van der Waals surface area contributed by atoms with Crippen molar-refractivity contribution in [2.45, 2.75) is 13.0 Å². The van der Waals surface area contributed by atoms with Gasteiger partial charge in [-0.15, -0.1) is 11.3 Å². The predicted molar refractivity (Wildman–Crippen MR) is 72.2 cm³/mol. The number of nitrogens with zero attached hydrogens (tertiary/aromatic N) is 1. The quantitative estimate of drug-likeness (QED) is 0.571. The van der Waals surface area contributed by atoms with Crippen LogP contribution in [0.4, 0.5) is 4.39 Å². The zero-order chi connectivity index (χ0) is 13.4. The minimum Gasteiger partial charge on any atom is -0.456 e. The molecule has 3 rings (SSSR count). The molecule has 6 heteroatoms. The van der Waals surface area contributed by atoms with Gasteiger partial charge in [0.15, 0.2) is 11.4 Å². The smallest absolute Gasteiger partial charge is 0.169 e. The highest BCUT2D eigenvalue weighted by Crippen LogP contribution is 2.29. The van der Waals surface area contributed by atoms with Crippen LogP contribution in [0.1, 0.15) is 22.5 Å². The highest BCUT2D eigenvalue weighted by atomic mass is 32.1. The number of rotatable bonds is 3. The molecule has 2 heterocycles. The van der Waals surface area contributed by atoms with Gasteiger partial charge in [0.05, 0.1) is 10.7 Å². The second-order valence-electron chi connectivity index (χ2n) is 4.20. The van der Waals surface area contributed by atoms with Gasteiger partial charge in [-0.05, 0) is 19.1 Å². The molecule has 0 bridgehead atoms. The topological polar surface area (TPSA) is 64.1 Å². The maximum absolute atomic E-state index is 13.6. The molecule has 3 aromatic rings. The first kappa shape index (κ1) is 12.3. The van der Waals surface area contributed by atoms with Crippen molar-refractivity contribution >= 4 is 22.3 Å². The molecule has 0 saturated carbocycles. The average molecular weight is 277 g/mol. The van der Waals surface area contributed by atoms with E-state index in [0.717, 1.165) is 10.7 Å². The molecule has 1 unspecified atom stereocenters. The molecule has 1 aromatic carbocycles. The molecular weight excluding hydrogens is 265 g/mol. The number of halogens is 1. The number of hydrazine groups is 1. The van der Waals surface area contributed by atoms with Crippen molar-refractivity contribution < 1.29 is 8.81 Å². The number of furan rings is 1. The summed E-state index contributed by atoms with van der Waals surface area (Å²) in [5, 5.41) is 3.56. The Kier molecular flexibility index (Phi) is 3.06. The molecule has 0 radical (unpaired) electrons. The summed E-state index contributed by atoms with van der Waals surface area (Å²) in [6.45, 7) is 1.92. The van der Waals surface area contributed by atoms with Crippen LogP contribution in [0.3, 0.4) is 0 Å². The Labute approximate surface area is 113 Å². The van der Waals surface area contributed by atoms with Crippen molar-refractivity contribution in [3.8, 4) is 0 Å². The largest absolute Gasteiger partial charge is 0.456 e. The highest BCUT2D eigenvalue weighted by molar-refractivity contribution is 7.09. The maximum atomic E-state index is 13.6. The second-order valence-corrected chi connectivity index (χ2v) is 5.26. The molecule has 1 atom stereocenters. The van der Waals surface area contributed by atoms with Crippen molar-refractivity contribution in [1.82, 2.24) is 10.4 Å². The number of hydrogen-bond donors (Lipinski definition) is 2. The zero-order valence-corrected chi connectivity index (χ0v) is 11.0. The fourth-order valence-electron chi connectivity index (χ4n) is 2.02. The molecule has 3 N–H and O–H groups in total. The van der Waals surface area contributed by atoms with E-state index in [9.17, 15) is 4.39 Å². The van der Waals surface area contributed by atoms with E-state index in [2.05, 4.69) is 10.4 Å². The first-order valence-corrected chi connectivity index (χ1v) is 6.63. The van der Waals surface area contributed by atoms with Gasteiger partial charge in [-0.3, -0.25) is 5.84 Å². The van der Waals surface area contributed by atoms with E-state index in [4.69, 9.17) is 10.3 Å². The SMILES string of the molecule is Cc1nc(C(NN)c2cc3cccc(F)c3o2)cs1. The normalized spacial score (nSPS) is 13.0. The number of para-hydroxylation sites is 1. The number of hydrogen-bond acceptors (Lipinski definition) is 5. The summed E-state index contributed by atoms with van der Waals surface area (Å²) in [4.78, 5) is 4.37. The molecule has 0 spiro atoms. The maximum Gasteiger partial charge on any atom is 0.169 e. The van der Waals surface area contributed by atoms with Crippen LogP contribution in [0.2, 0.25) is 0 Å². The molecule has 0 fully saturated rings. The van der Waals surface area contributed by atoms with Crippen molar-refractivity contribution in [2.75, 3.05) is 0 Å². The van der Waals surface area contributed by atoms with E-state index in [1.807, 2.05) is 12.3 Å². The van der Waals surface area contributed by atoms with Gasteiger partial charge in [0.2, 0.25) is 0 Å². The van der Waals surface area contributed by atoms with E-state index < -0.39 is 0 Å². The first-order valence-electron chi connectivity index (χ1n) is 5.75. The monoisotopic (exact) mass is 277 g/mol. The third-order valence-corrected chi connectivity index (χ3v) is 3.69. The van der Waals surface area contributed by atoms with Crippen LogP contribution in [-0.2, 0) is 0 Å². The Morgan fingerprint density at radius 1 is 1.47 bits per heavy atom. The van der Waals surface area contributed by atoms with Gasteiger partial charge in [-0.1, -0.05) is 12.1 Å². The van der Waals surface area contributed by atoms with Gasteiger partial charge in [0.25, 0.3) is 0 Å². The van der Waals surface area contributed by atoms with Gasteiger partial charge in [0.1, 0.15) is 11.8 Å². The van der Waals surface area contributed by atoms with Gasteiger partial charge < -0.3 is 4.42 Å². The van der Waals surface area contributed by atoms with Gasteiger partial charge in [-0.25, -0.2) is 14.8 Å². The molecule has 19 heavy (non-hydrogen) atoms. The zero-order valence-electron chi connectivity index (χ0n) is 10.2. The minimum atomic E-state index is -0.381. The summed E-state index contributed by atoms with van der Waals surface area (Å²) in [6, 6.07) is 6.21. The summed E-state index contributed by atoms with van der Waals surface area (Å²) < 4.78 is 19.2. The van der Waals surface area contributed by atoms with E-state index in [-0.39, 0.29) is 17.4 Å². The predicted octanol–water partition coefficient (Wildman–Crippen LogP) is 2.89. The van der Waals surface area contributed by atoms with Crippen LogP contribution in [0.15, 0.2) is 34.1 Å². The lowest BCUT2D eigenvalue weighted by atomic mass is 10.1. The number of benzene rings is 1. The first-order chi connectivity index (χ1) is 9.19. The molecular formula is C13H12FN3OS. The standard InChI is InChI=1S/C13H12FN3OS/c1-7-16-10(6-19-7)12(17-15)11-5-8-3-2-4-9(14)13(8)18-11/h2-6,12,17H,15H2,1H3. The molecule has 0 saturated heterocycles. The third-order valence-electron chi connectivity index (χ3n) is 2.90. The van der Waals surface area contributed by atoms with E-state index in [1.165, 1.54) is 17.4 Å². The molecule has 0 amide bonds. The Hall–Kier alpha value is -1.76. The second kappa shape index (κ2) is 4.73. The van der Waals surface area contributed by atoms with Crippen molar-refractivity contribution in [1.29, 1.82) is 0 Å². The summed E-state index contributed by atoms with van der Waals surface area (Å²) in [7, 11) is 0. The van der Waals surface area contributed by atoms with Crippen LogP contribution >= 0.6 is 11.3 Å². The lowest BCUT2D eigenvalue weighted by molar-refractivity contribution is 0.460. The van der Waals surface area contributed by atoms with Crippen LogP contribution in [0.25, 0.3) is 11.0 Å².